The molecular formula is C33H37N5O2. The zero-order valence-corrected chi connectivity index (χ0v) is 23.3. The van der Waals surface area contributed by atoms with E-state index in [-0.39, 0.29) is 12.0 Å². The molecule has 1 amide bonds. The molecule has 1 atom stereocenters. The molecule has 7 nitrogen and oxygen atoms in total. The van der Waals surface area contributed by atoms with E-state index >= 15 is 0 Å². The molecule has 4 aromatic rings. The number of nitrogens with one attached hydrogen (secondary N) is 1. The molecule has 1 N–H and O–H groups in total. The summed E-state index contributed by atoms with van der Waals surface area (Å²) in [6, 6.07) is 28.6. The number of unbranched alkanes of at least 4 members (excludes halogenated alkanes) is 1. The topological polar surface area (TPSA) is 70.6 Å². The fourth-order valence-electron chi connectivity index (χ4n) is 4.94. The summed E-state index contributed by atoms with van der Waals surface area (Å²) in [6.45, 7) is 4.50. The van der Waals surface area contributed by atoms with E-state index in [0.29, 0.717) is 43.6 Å². The molecule has 1 aliphatic heterocycles. The van der Waals surface area contributed by atoms with Gasteiger partial charge in [-0.15, -0.1) is 0 Å². The summed E-state index contributed by atoms with van der Waals surface area (Å²) in [7, 11) is 1.97. The first-order chi connectivity index (χ1) is 19.6. The van der Waals surface area contributed by atoms with Gasteiger partial charge in [0.15, 0.2) is 0 Å². The number of fused-ring (bicyclic) bond motifs is 1. The number of benzene rings is 3. The second-order valence-electron chi connectivity index (χ2n) is 10.2. The van der Waals surface area contributed by atoms with Crippen molar-refractivity contribution in [3.8, 4) is 0 Å². The van der Waals surface area contributed by atoms with Gasteiger partial charge >= 0.3 is 0 Å². The summed E-state index contributed by atoms with van der Waals surface area (Å²) < 4.78 is 6.41. The van der Waals surface area contributed by atoms with Gasteiger partial charge in [-0.05, 0) is 35.2 Å². The van der Waals surface area contributed by atoms with Crippen molar-refractivity contribution in [1.29, 1.82) is 0 Å². The normalized spacial score (nSPS) is 14.0. The van der Waals surface area contributed by atoms with Crippen LogP contribution in [0.2, 0.25) is 0 Å². The molecule has 0 bridgehead atoms. The van der Waals surface area contributed by atoms with E-state index in [0.717, 1.165) is 36.1 Å². The van der Waals surface area contributed by atoms with Crippen LogP contribution in [0.3, 0.4) is 0 Å². The van der Waals surface area contributed by atoms with Gasteiger partial charge in [0, 0.05) is 38.6 Å². The Balaban J connectivity index is 1.30. The lowest BCUT2D eigenvalue weighted by Crippen LogP contribution is -2.33. The number of hydrogen-bond donors (Lipinski definition) is 1. The third-order valence-electron chi connectivity index (χ3n) is 7.22. The largest absolute Gasteiger partial charge is 0.369 e. The smallest absolute Gasteiger partial charge is 0.263 e. The van der Waals surface area contributed by atoms with Crippen molar-refractivity contribution in [2.24, 2.45) is 0 Å². The number of likely N-dealkylation sites (N-methyl/N-ethyl adjacent to an activating group) is 1. The summed E-state index contributed by atoms with van der Waals surface area (Å²) >= 11 is 0. The molecular weight excluding hydrogens is 498 g/mol. The highest BCUT2D eigenvalue weighted by Gasteiger charge is 2.28. The summed E-state index contributed by atoms with van der Waals surface area (Å²) in [5.41, 5.74) is 4.73. The van der Waals surface area contributed by atoms with Crippen molar-refractivity contribution in [2.45, 2.75) is 45.4 Å². The quantitative estimate of drug-likeness (QED) is 0.232. The second kappa shape index (κ2) is 13.2. The average Bonchev–Trinajstić information content (AvgIpc) is 3.12. The van der Waals surface area contributed by atoms with E-state index in [1.807, 2.05) is 53.2 Å². The first kappa shape index (κ1) is 27.3. The maximum atomic E-state index is 13.7. The van der Waals surface area contributed by atoms with Crippen molar-refractivity contribution < 1.29 is 9.53 Å². The fourth-order valence-corrected chi connectivity index (χ4v) is 4.94. The molecule has 2 heterocycles. The SMILES string of the molecule is CCCCC(OCc1cccc(N2CCN(C)c3nc(NCc4ccccc4)ncc3C2=O)c1)c1ccccc1. The van der Waals surface area contributed by atoms with Crippen LogP contribution in [-0.2, 0) is 17.9 Å². The molecule has 0 saturated carbocycles. The van der Waals surface area contributed by atoms with Gasteiger partial charge in [-0.3, -0.25) is 4.79 Å². The molecule has 7 heteroatoms. The predicted molar refractivity (Wildman–Crippen MR) is 161 cm³/mol. The second-order valence-corrected chi connectivity index (χ2v) is 10.2. The summed E-state index contributed by atoms with van der Waals surface area (Å²) in [4.78, 5) is 26.7. The lowest BCUT2D eigenvalue weighted by Gasteiger charge is -2.22. The highest BCUT2D eigenvalue weighted by atomic mass is 16.5. The zero-order valence-electron chi connectivity index (χ0n) is 23.3. The number of amides is 1. The molecule has 0 saturated heterocycles. The molecule has 1 aliphatic rings. The van der Waals surface area contributed by atoms with Gasteiger partial charge in [0.25, 0.3) is 5.91 Å². The van der Waals surface area contributed by atoms with Gasteiger partial charge in [0.2, 0.25) is 5.95 Å². The van der Waals surface area contributed by atoms with Crippen LogP contribution in [0.15, 0.2) is 91.1 Å². The van der Waals surface area contributed by atoms with Crippen molar-refractivity contribution in [1.82, 2.24) is 9.97 Å². The molecule has 0 aliphatic carbocycles. The van der Waals surface area contributed by atoms with Crippen LogP contribution in [-0.4, -0.2) is 36.0 Å². The zero-order chi connectivity index (χ0) is 27.7. The number of rotatable bonds is 11. The van der Waals surface area contributed by atoms with Crippen molar-refractivity contribution >= 4 is 23.4 Å². The van der Waals surface area contributed by atoms with Gasteiger partial charge in [0.05, 0.1) is 12.7 Å². The van der Waals surface area contributed by atoms with Gasteiger partial charge in [0.1, 0.15) is 11.4 Å². The fraction of sp³-hybridized carbons (Fsp3) is 0.303. The Morgan fingerprint density at radius 1 is 0.950 bits per heavy atom. The summed E-state index contributed by atoms with van der Waals surface area (Å²) in [5, 5.41) is 3.28. The third-order valence-corrected chi connectivity index (χ3v) is 7.22. The summed E-state index contributed by atoms with van der Waals surface area (Å²) in [6.07, 6.45) is 4.91. The monoisotopic (exact) mass is 535 g/mol. The molecule has 1 unspecified atom stereocenters. The number of anilines is 3. The molecule has 0 radical (unpaired) electrons. The first-order valence-electron chi connectivity index (χ1n) is 14.1. The van der Waals surface area contributed by atoms with Crippen LogP contribution in [0.5, 0.6) is 0 Å². The Bertz CT molecular complexity index is 1400. The number of ether oxygens (including phenoxy) is 1. The number of hydrogen-bond acceptors (Lipinski definition) is 6. The maximum absolute atomic E-state index is 13.7. The Morgan fingerprint density at radius 2 is 1.70 bits per heavy atom. The van der Waals surface area contributed by atoms with E-state index in [1.165, 1.54) is 5.56 Å². The van der Waals surface area contributed by atoms with Gasteiger partial charge in [-0.2, -0.15) is 4.98 Å². The van der Waals surface area contributed by atoms with Crippen LogP contribution < -0.4 is 15.1 Å². The number of carbonyl (C=O) groups excluding carboxylic acids is 1. The van der Waals surface area contributed by atoms with Crippen molar-refractivity contribution in [3.63, 3.8) is 0 Å². The Labute approximate surface area is 236 Å². The molecule has 1 aromatic heterocycles. The van der Waals surface area contributed by atoms with Crippen LogP contribution >= 0.6 is 0 Å². The molecule has 206 valence electrons. The van der Waals surface area contributed by atoms with Gasteiger partial charge < -0.3 is 19.9 Å². The average molecular weight is 536 g/mol. The summed E-state index contributed by atoms with van der Waals surface area (Å²) in [5.74, 6) is 1.04. The molecule has 40 heavy (non-hydrogen) atoms. The minimum atomic E-state index is -0.0999. The lowest BCUT2D eigenvalue weighted by atomic mass is 10.0. The van der Waals surface area contributed by atoms with Crippen molar-refractivity contribution in [3.05, 3.63) is 113 Å². The first-order valence-corrected chi connectivity index (χ1v) is 14.1. The Hall–Kier alpha value is -4.23. The molecule has 0 spiro atoms. The van der Waals surface area contributed by atoms with Crippen LogP contribution in [0, 0.1) is 0 Å². The maximum Gasteiger partial charge on any atom is 0.263 e. The standard InChI is InChI=1S/C33H37N5O2/c1-3-4-18-30(27-15-9-6-10-16-27)40-24-26-14-11-17-28(21-26)38-20-19-37(2)31-29(32(38)39)23-35-33(36-31)34-22-25-12-7-5-8-13-25/h5-17,21,23,30H,3-4,18-20,22,24H2,1-2H3,(H,34,35,36). The molecule has 5 rings (SSSR count). The van der Waals surface area contributed by atoms with E-state index in [9.17, 15) is 4.79 Å². The minimum absolute atomic E-state index is 0.0481. The van der Waals surface area contributed by atoms with Crippen molar-refractivity contribution in [2.75, 3.05) is 35.3 Å². The highest BCUT2D eigenvalue weighted by Crippen LogP contribution is 2.29. The van der Waals surface area contributed by atoms with E-state index < -0.39 is 0 Å². The number of carbonyl (C=O) groups is 1. The Morgan fingerprint density at radius 3 is 2.48 bits per heavy atom. The van der Waals surface area contributed by atoms with Gasteiger partial charge in [-0.1, -0.05) is 92.6 Å². The Kier molecular flexibility index (Phi) is 9.04. The van der Waals surface area contributed by atoms with Crippen LogP contribution in [0.4, 0.5) is 17.5 Å². The third kappa shape index (κ3) is 6.66. The van der Waals surface area contributed by atoms with Crippen LogP contribution in [0.1, 0.15) is 59.3 Å². The number of nitrogens with zero attached hydrogens (tertiary/aromatic N) is 4. The van der Waals surface area contributed by atoms with E-state index in [2.05, 4.69) is 65.8 Å². The number of aromatic nitrogens is 2. The van der Waals surface area contributed by atoms with E-state index in [1.54, 1.807) is 6.20 Å². The van der Waals surface area contributed by atoms with E-state index in [4.69, 9.17) is 9.72 Å². The van der Waals surface area contributed by atoms with Gasteiger partial charge in [-0.25, -0.2) is 4.98 Å². The molecule has 0 fully saturated rings. The predicted octanol–water partition coefficient (Wildman–Crippen LogP) is 6.63. The lowest BCUT2D eigenvalue weighted by molar-refractivity contribution is 0.0324. The van der Waals surface area contributed by atoms with Crippen LogP contribution in [0.25, 0.3) is 0 Å². The highest BCUT2D eigenvalue weighted by molar-refractivity contribution is 6.09. The minimum Gasteiger partial charge on any atom is -0.369 e. The molecule has 3 aromatic carbocycles.